The molecule has 0 saturated carbocycles. The molecular weight excluding hydrogens is 242 g/mol. The van der Waals surface area contributed by atoms with Gasteiger partial charge in [-0.25, -0.2) is 12.7 Å². The molecule has 0 heterocycles. The summed E-state index contributed by atoms with van der Waals surface area (Å²) >= 11 is 0. The van der Waals surface area contributed by atoms with E-state index in [4.69, 9.17) is 4.74 Å². The average Bonchev–Trinajstić information content (AvgIpc) is 2.29. The first-order chi connectivity index (χ1) is 7.93. The van der Waals surface area contributed by atoms with E-state index in [0.29, 0.717) is 17.9 Å². The Bertz CT molecular complexity index is 482. The molecule has 0 aliphatic carbocycles. The lowest BCUT2D eigenvalue weighted by Crippen LogP contribution is -2.22. The maximum atomic E-state index is 11.9. The lowest BCUT2D eigenvalue weighted by molar-refractivity contribution is 0.266. The molecule has 0 atom stereocenters. The van der Waals surface area contributed by atoms with Crippen molar-refractivity contribution >= 4 is 10.0 Å². The van der Waals surface area contributed by atoms with Crippen LogP contribution < -0.4 is 4.74 Å². The quantitative estimate of drug-likeness (QED) is 0.850. The highest BCUT2D eigenvalue weighted by Crippen LogP contribution is 2.24. The third-order valence-electron chi connectivity index (χ3n) is 2.28. The van der Waals surface area contributed by atoms with Gasteiger partial charge in [0.2, 0.25) is 10.0 Å². The fraction of sp³-hybridized carbons (Fsp3) is 0.455. The summed E-state index contributed by atoms with van der Waals surface area (Å²) in [5, 5.41) is 9.19. The normalized spacial score (nSPS) is 11.8. The van der Waals surface area contributed by atoms with E-state index in [1.54, 1.807) is 6.07 Å². The van der Waals surface area contributed by atoms with E-state index in [9.17, 15) is 13.5 Å². The second kappa shape index (κ2) is 5.48. The van der Waals surface area contributed by atoms with Crippen molar-refractivity contribution in [2.45, 2.75) is 18.4 Å². The first kappa shape index (κ1) is 14.0. The molecule has 96 valence electrons. The molecule has 1 N–H and O–H groups in total. The van der Waals surface area contributed by atoms with Crippen LogP contribution in [-0.2, 0) is 16.6 Å². The molecule has 0 aliphatic rings. The van der Waals surface area contributed by atoms with Crippen LogP contribution in [0.5, 0.6) is 5.75 Å². The average molecular weight is 259 g/mol. The van der Waals surface area contributed by atoms with Gasteiger partial charge >= 0.3 is 0 Å². The molecule has 1 rings (SSSR count). The summed E-state index contributed by atoms with van der Waals surface area (Å²) in [6.07, 6.45) is 0. The number of ether oxygens (including phenoxy) is 1. The van der Waals surface area contributed by atoms with Gasteiger partial charge in [0.15, 0.2) is 0 Å². The Hall–Kier alpha value is -1.11. The minimum absolute atomic E-state index is 0.148. The summed E-state index contributed by atoms with van der Waals surface area (Å²) in [5.74, 6) is 0.507. The SMILES string of the molecule is CCOc1ccc(S(=O)(=O)N(C)C)cc1CO. The number of benzene rings is 1. The zero-order chi connectivity index (χ0) is 13.1. The molecule has 0 radical (unpaired) electrons. The highest BCUT2D eigenvalue weighted by Gasteiger charge is 2.18. The Labute approximate surface area is 102 Å². The van der Waals surface area contributed by atoms with Gasteiger partial charge < -0.3 is 9.84 Å². The van der Waals surface area contributed by atoms with Crippen LogP contribution >= 0.6 is 0 Å². The van der Waals surface area contributed by atoms with Gasteiger partial charge in [0.1, 0.15) is 5.75 Å². The third kappa shape index (κ3) is 2.96. The van der Waals surface area contributed by atoms with Crippen molar-refractivity contribution in [3.8, 4) is 5.75 Å². The van der Waals surface area contributed by atoms with Gasteiger partial charge in [-0.2, -0.15) is 0 Å². The Morgan fingerprint density at radius 3 is 2.47 bits per heavy atom. The van der Waals surface area contributed by atoms with Gasteiger partial charge in [0, 0.05) is 19.7 Å². The zero-order valence-corrected chi connectivity index (χ0v) is 11.0. The molecule has 0 saturated heterocycles. The first-order valence-corrected chi connectivity index (χ1v) is 6.66. The van der Waals surface area contributed by atoms with Crippen LogP contribution in [0.3, 0.4) is 0 Å². The van der Waals surface area contributed by atoms with Crippen molar-refractivity contribution in [2.24, 2.45) is 0 Å². The van der Waals surface area contributed by atoms with Crippen molar-refractivity contribution in [1.29, 1.82) is 0 Å². The molecule has 0 bridgehead atoms. The maximum absolute atomic E-state index is 11.9. The van der Waals surface area contributed by atoms with E-state index >= 15 is 0 Å². The Balaban J connectivity index is 3.23. The highest BCUT2D eigenvalue weighted by molar-refractivity contribution is 7.89. The number of sulfonamides is 1. The summed E-state index contributed by atoms with van der Waals surface area (Å²) in [6.45, 7) is 2.03. The first-order valence-electron chi connectivity index (χ1n) is 5.22. The number of rotatable bonds is 5. The Kier molecular flexibility index (Phi) is 4.50. The number of hydrogen-bond donors (Lipinski definition) is 1. The molecule has 1 aromatic rings. The second-order valence-electron chi connectivity index (χ2n) is 3.65. The van der Waals surface area contributed by atoms with Crippen LogP contribution in [-0.4, -0.2) is 38.5 Å². The summed E-state index contributed by atoms with van der Waals surface area (Å²) in [4.78, 5) is 0.148. The van der Waals surface area contributed by atoms with Crippen molar-refractivity contribution in [3.05, 3.63) is 23.8 Å². The lowest BCUT2D eigenvalue weighted by atomic mass is 10.2. The van der Waals surface area contributed by atoms with Gasteiger partial charge in [0.05, 0.1) is 18.1 Å². The molecule has 17 heavy (non-hydrogen) atoms. The topological polar surface area (TPSA) is 66.8 Å². The minimum Gasteiger partial charge on any atom is -0.494 e. The van der Waals surface area contributed by atoms with Crippen molar-refractivity contribution in [2.75, 3.05) is 20.7 Å². The van der Waals surface area contributed by atoms with Crippen molar-refractivity contribution < 1.29 is 18.3 Å². The van der Waals surface area contributed by atoms with Gasteiger partial charge in [-0.05, 0) is 25.1 Å². The van der Waals surface area contributed by atoms with E-state index in [-0.39, 0.29) is 11.5 Å². The van der Waals surface area contributed by atoms with Crippen LogP contribution in [0.1, 0.15) is 12.5 Å². The Morgan fingerprint density at radius 2 is 2.00 bits per heavy atom. The molecule has 0 spiro atoms. The van der Waals surface area contributed by atoms with Gasteiger partial charge in [-0.15, -0.1) is 0 Å². The molecule has 0 amide bonds. The molecule has 6 heteroatoms. The fourth-order valence-electron chi connectivity index (χ4n) is 1.35. The molecule has 0 fully saturated rings. The van der Waals surface area contributed by atoms with Crippen LogP contribution in [0.2, 0.25) is 0 Å². The number of aliphatic hydroxyl groups is 1. The maximum Gasteiger partial charge on any atom is 0.242 e. The second-order valence-corrected chi connectivity index (χ2v) is 5.80. The minimum atomic E-state index is -3.47. The summed E-state index contributed by atoms with van der Waals surface area (Å²) in [6, 6.07) is 4.46. The van der Waals surface area contributed by atoms with Crippen LogP contribution in [0.4, 0.5) is 0 Å². The van der Waals surface area contributed by atoms with Crippen molar-refractivity contribution in [1.82, 2.24) is 4.31 Å². The fourth-order valence-corrected chi connectivity index (χ4v) is 2.30. The van der Waals surface area contributed by atoms with Gasteiger partial charge in [0.25, 0.3) is 0 Å². The molecule has 1 aromatic carbocycles. The Morgan fingerprint density at radius 1 is 1.35 bits per heavy atom. The highest BCUT2D eigenvalue weighted by atomic mass is 32.2. The number of aliphatic hydroxyl groups excluding tert-OH is 1. The molecule has 0 unspecified atom stereocenters. The smallest absolute Gasteiger partial charge is 0.242 e. The van der Waals surface area contributed by atoms with Gasteiger partial charge in [-0.3, -0.25) is 0 Å². The number of nitrogens with zero attached hydrogens (tertiary/aromatic N) is 1. The predicted molar refractivity (Wildman–Crippen MR) is 64.4 cm³/mol. The third-order valence-corrected chi connectivity index (χ3v) is 4.09. The van der Waals surface area contributed by atoms with E-state index in [2.05, 4.69) is 0 Å². The predicted octanol–water partition coefficient (Wildman–Crippen LogP) is 0.828. The molecule has 0 aliphatic heterocycles. The lowest BCUT2D eigenvalue weighted by Gasteiger charge is -2.14. The standard InChI is InChI=1S/C11H17NO4S/c1-4-16-11-6-5-10(7-9(11)8-13)17(14,15)12(2)3/h5-7,13H,4,8H2,1-3H3. The largest absolute Gasteiger partial charge is 0.494 e. The molecule has 5 nitrogen and oxygen atoms in total. The molecular formula is C11H17NO4S. The van der Waals surface area contributed by atoms with Crippen LogP contribution in [0, 0.1) is 0 Å². The van der Waals surface area contributed by atoms with Crippen LogP contribution in [0.15, 0.2) is 23.1 Å². The van der Waals surface area contributed by atoms with E-state index in [0.717, 1.165) is 4.31 Å². The van der Waals surface area contributed by atoms with Gasteiger partial charge in [-0.1, -0.05) is 0 Å². The monoisotopic (exact) mass is 259 g/mol. The van der Waals surface area contributed by atoms with E-state index < -0.39 is 10.0 Å². The zero-order valence-electron chi connectivity index (χ0n) is 10.2. The van der Waals surface area contributed by atoms with Crippen LogP contribution in [0.25, 0.3) is 0 Å². The van der Waals surface area contributed by atoms with Crippen molar-refractivity contribution in [3.63, 3.8) is 0 Å². The van der Waals surface area contributed by atoms with E-state index in [1.165, 1.54) is 26.2 Å². The summed E-state index contributed by atoms with van der Waals surface area (Å²) in [5.41, 5.74) is 0.467. The molecule has 0 aromatic heterocycles. The summed E-state index contributed by atoms with van der Waals surface area (Å²) < 4.78 is 30.2. The summed E-state index contributed by atoms with van der Waals surface area (Å²) in [7, 11) is -0.549. The number of hydrogen-bond acceptors (Lipinski definition) is 4. The van der Waals surface area contributed by atoms with E-state index in [1.807, 2.05) is 6.92 Å².